The van der Waals surface area contributed by atoms with Crippen LogP contribution < -0.4 is 11.1 Å². The summed E-state index contributed by atoms with van der Waals surface area (Å²) in [6, 6.07) is 18.4. The SMILES string of the molecule is CCOCCCNC(N)=NCc1cccc(COCc2ccccc2)c1.I. The van der Waals surface area contributed by atoms with Crippen LogP contribution in [0.1, 0.15) is 30.0 Å². The van der Waals surface area contributed by atoms with Gasteiger partial charge in [0.1, 0.15) is 0 Å². The predicted molar refractivity (Wildman–Crippen MR) is 121 cm³/mol. The maximum Gasteiger partial charge on any atom is 0.188 e. The average Bonchev–Trinajstić information content (AvgIpc) is 2.67. The van der Waals surface area contributed by atoms with Crippen LogP contribution in [-0.2, 0) is 29.2 Å². The Kier molecular flexibility index (Phi) is 12.5. The van der Waals surface area contributed by atoms with Crippen LogP contribution in [0.5, 0.6) is 0 Å². The zero-order valence-electron chi connectivity index (χ0n) is 15.9. The van der Waals surface area contributed by atoms with Gasteiger partial charge in [0.15, 0.2) is 5.96 Å². The van der Waals surface area contributed by atoms with Crippen LogP contribution >= 0.6 is 24.0 Å². The first-order valence-corrected chi connectivity index (χ1v) is 9.09. The van der Waals surface area contributed by atoms with Crippen LogP contribution in [0.2, 0.25) is 0 Å². The van der Waals surface area contributed by atoms with E-state index in [-0.39, 0.29) is 24.0 Å². The Morgan fingerprint density at radius 1 is 0.963 bits per heavy atom. The van der Waals surface area contributed by atoms with Gasteiger partial charge in [0, 0.05) is 19.8 Å². The molecule has 2 aromatic rings. The number of hydrogen-bond donors (Lipinski definition) is 2. The summed E-state index contributed by atoms with van der Waals surface area (Å²) in [5, 5.41) is 3.10. The molecule has 0 unspecified atom stereocenters. The van der Waals surface area contributed by atoms with Gasteiger partial charge in [-0.1, -0.05) is 54.6 Å². The van der Waals surface area contributed by atoms with E-state index in [0.717, 1.165) is 37.3 Å². The van der Waals surface area contributed by atoms with Crippen molar-refractivity contribution in [2.24, 2.45) is 10.7 Å². The minimum Gasteiger partial charge on any atom is -0.382 e. The predicted octanol–water partition coefficient (Wildman–Crippen LogP) is 3.85. The Labute approximate surface area is 179 Å². The Morgan fingerprint density at radius 2 is 1.67 bits per heavy atom. The fraction of sp³-hybridized carbons (Fsp3) is 0.381. The smallest absolute Gasteiger partial charge is 0.188 e. The molecule has 0 aliphatic heterocycles. The largest absolute Gasteiger partial charge is 0.382 e. The van der Waals surface area contributed by atoms with Gasteiger partial charge in [0.05, 0.1) is 19.8 Å². The molecule has 2 rings (SSSR count). The minimum absolute atomic E-state index is 0. The van der Waals surface area contributed by atoms with E-state index in [1.54, 1.807) is 0 Å². The maximum atomic E-state index is 5.89. The van der Waals surface area contributed by atoms with Gasteiger partial charge in [0.25, 0.3) is 0 Å². The summed E-state index contributed by atoms with van der Waals surface area (Å²) in [7, 11) is 0. The molecule has 6 heteroatoms. The van der Waals surface area contributed by atoms with Crippen molar-refractivity contribution in [1.82, 2.24) is 5.32 Å². The molecule has 0 atom stereocenters. The summed E-state index contributed by atoms with van der Waals surface area (Å²) in [4.78, 5) is 4.38. The van der Waals surface area contributed by atoms with Crippen LogP contribution in [0.3, 0.4) is 0 Å². The van der Waals surface area contributed by atoms with Crippen molar-refractivity contribution in [3.05, 3.63) is 71.3 Å². The van der Waals surface area contributed by atoms with Crippen molar-refractivity contribution >= 4 is 29.9 Å². The van der Waals surface area contributed by atoms with E-state index in [4.69, 9.17) is 15.2 Å². The fourth-order valence-corrected chi connectivity index (χ4v) is 2.45. The summed E-state index contributed by atoms with van der Waals surface area (Å²) in [5.41, 5.74) is 9.32. The molecule has 0 aliphatic rings. The first kappa shape index (κ1) is 23.4. The quantitative estimate of drug-likeness (QED) is 0.221. The molecule has 0 aromatic heterocycles. The van der Waals surface area contributed by atoms with Crippen LogP contribution in [-0.4, -0.2) is 25.7 Å². The first-order valence-electron chi connectivity index (χ1n) is 9.09. The topological polar surface area (TPSA) is 68.9 Å². The lowest BCUT2D eigenvalue weighted by molar-refractivity contribution is 0.107. The highest BCUT2D eigenvalue weighted by atomic mass is 127. The lowest BCUT2D eigenvalue weighted by Crippen LogP contribution is -2.32. The zero-order valence-corrected chi connectivity index (χ0v) is 18.2. The van der Waals surface area contributed by atoms with Crippen LogP contribution in [0.15, 0.2) is 59.6 Å². The number of nitrogens with two attached hydrogens (primary N) is 1. The molecule has 27 heavy (non-hydrogen) atoms. The molecule has 2 aromatic carbocycles. The van der Waals surface area contributed by atoms with Crippen molar-refractivity contribution in [1.29, 1.82) is 0 Å². The normalized spacial score (nSPS) is 11.1. The number of nitrogens with one attached hydrogen (secondary N) is 1. The highest BCUT2D eigenvalue weighted by Gasteiger charge is 1.99. The number of hydrogen-bond acceptors (Lipinski definition) is 3. The number of benzene rings is 2. The molecule has 5 nitrogen and oxygen atoms in total. The molecule has 0 aliphatic carbocycles. The van der Waals surface area contributed by atoms with Crippen molar-refractivity contribution in [2.45, 2.75) is 33.1 Å². The Hall–Kier alpha value is -1.64. The number of halogens is 1. The van der Waals surface area contributed by atoms with Gasteiger partial charge in [-0.15, -0.1) is 24.0 Å². The van der Waals surface area contributed by atoms with Gasteiger partial charge < -0.3 is 20.5 Å². The van der Waals surface area contributed by atoms with Gasteiger partial charge in [0.2, 0.25) is 0 Å². The first-order chi connectivity index (χ1) is 12.8. The lowest BCUT2D eigenvalue weighted by Gasteiger charge is -2.07. The summed E-state index contributed by atoms with van der Waals surface area (Å²) in [6.07, 6.45) is 0.915. The van der Waals surface area contributed by atoms with Gasteiger partial charge in [-0.2, -0.15) is 0 Å². The molecule has 0 saturated heterocycles. The molecule has 0 amide bonds. The second-order valence-electron chi connectivity index (χ2n) is 5.98. The summed E-state index contributed by atoms with van der Waals surface area (Å²) in [6.45, 7) is 5.99. The molecule has 0 heterocycles. The Bertz CT molecular complexity index is 665. The van der Waals surface area contributed by atoms with E-state index in [2.05, 4.69) is 34.6 Å². The molecule has 148 valence electrons. The number of nitrogens with zero attached hydrogens (tertiary/aromatic N) is 1. The van der Waals surface area contributed by atoms with E-state index in [1.165, 1.54) is 5.56 Å². The summed E-state index contributed by atoms with van der Waals surface area (Å²) < 4.78 is 11.1. The van der Waals surface area contributed by atoms with E-state index >= 15 is 0 Å². The maximum absolute atomic E-state index is 5.89. The molecule has 0 radical (unpaired) electrons. The standard InChI is InChI=1S/C21H29N3O2.HI/c1-2-25-13-7-12-23-21(22)24-15-19-10-6-11-20(14-19)17-26-16-18-8-4-3-5-9-18;/h3-6,8-11,14H,2,7,12-13,15-17H2,1H3,(H3,22,23,24);1H. The monoisotopic (exact) mass is 483 g/mol. The van der Waals surface area contributed by atoms with Crippen molar-refractivity contribution < 1.29 is 9.47 Å². The van der Waals surface area contributed by atoms with E-state index in [0.29, 0.717) is 25.7 Å². The number of rotatable bonds is 11. The highest BCUT2D eigenvalue weighted by molar-refractivity contribution is 14.0. The third-order valence-corrected chi connectivity index (χ3v) is 3.78. The van der Waals surface area contributed by atoms with Crippen molar-refractivity contribution in [2.75, 3.05) is 19.8 Å². The van der Waals surface area contributed by atoms with Crippen LogP contribution in [0.25, 0.3) is 0 Å². The van der Waals surface area contributed by atoms with Gasteiger partial charge in [-0.05, 0) is 30.0 Å². The molecule has 0 saturated carbocycles. The zero-order chi connectivity index (χ0) is 18.5. The van der Waals surface area contributed by atoms with Gasteiger partial charge >= 0.3 is 0 Å². The highest BCUT2D eigenvalue weighted by Crippen LogP contribution is 2.09. The van der Waals surface area contributed by atoms with Crippen molar-refractivity contribution in [3.8, 4) is 0 Å². The second kappa shape index (κ2) is 14.4. The average molecular weight is 483 g/mol. The minimum atomic E-state index is 0. The van der Waals surface area contributed by atoms with Gasteiger partial charge in [-0.25, -0.2) is 4.99 Å². The fourth-order valence-electron chi connectivity index (χ4n) is 2.45. The summed E-state index contributed by atoms with van der Waals surface area (Å²) in [5.74, 6) is 0.465. The molecular weight excluding hydrogens is 453 g/mol. The van der Waals surface area contributed by atoms with Crippen molar-refractivity contribution in [3.63, 3.8) is 0 Å². The Morgan fingerprint density at radius 3 is 2.44 bits per heavy atom. The summed E-state index contributed by atoms with van der Waals surface area (Å²) >= 11 is 0. The number of guanidine groups is 1. The second-order valence-corrected chi connectivity index (χ2v) is 5.98. The number of ether oxygens (including phenoxy) is 2. The molecular formula is C21H30IN3O2. The molecule has 0 spiro atoms. The van der Waals surface area contributed by atoms with E-state index < -0.39 is 0 Å². The molecule has 0 bridgehead atoms. The molecule has 0 fully saturated rings. The third-order valence-electron chi connectivity index (χ3n) is 3.78. The van der Waals surface area contributed by atoms with Crippen LogP contribution in [0.4, 0.5) is 0 Å². The number of aliphatic imine (C=N–C) groups is 1. The lowest BCUT2D eigenvalue weighted by atomic mass is 10.1. The van der Waals surface area contributed by atoms with E-state index in [1.807, 2.05) is 37.3 Å². The third kappa shape index (κ3) is 10.3. The Balaban J connectivity index is 0.00000364. The molecule has 3 N–H and O–H groups in total. The van der Waals surface area contributed by atoms with Crippen LogP contribution in [0, 0.1) is 0 Å². The van der Waals surface area contributed by atoms with E-state index in [9.17, 15) is 0 Å². The van der Waals surface area contributed by atoms with Gasteiger partial charge in [-0.3, -0.25) is 0 Å².